The lowest BCUT2D eigenvalue weighted by atomic mass is 9.95. The van der Waals surface area contributed by atoms with E-state index in [0.29, 0.717) is 18.2 Å². The molecule has 7 nitrogen and oxygen atoms in total. The van der Waals surface area contributed by atoms with Crippen molar-refractivity contribution in [3.05, 3.63) is 42.0 Å². The number of ether oxygens (including phenoxy) is 1. The molecule has 7 heteroatoms. The third-order valence-electron chi connectivity index (χ3n) is 4.12. The summed E-state index contributed by atoms with van der Waals surface area (Å²) in [5, 5.41) is 2.82. The van der Waals surface area contributed by atoms with Crippen molar-refractivity contribution in [3.8, 4) is 0 Å². The molecule has 0 spiro atoms. The van der Waals surface area contributed by atoms with Crippen LogP contribution < -0.4 is 5.32 Å². The summed E-state index contributed by atoms with van der Waals surface area (Å²) in [6, 6.07) is 0. The van der Waals surface area contributed by atoms with Crippen molar-refractivity contribution in [2.45, 2.75) is 38.3 Å². The molecule has 1 atom stereocenters. The number of hydrogen-bond donors (Lipinski definition) is 1. The Morgan fingerprint density at radius 3 is 2.74 bits per heavy atom. The summed E-state index contributed by atoms with van der Waals surface area (Å²) in [6.07, 6.45) is 9.96. The quantitative estimate of drug-likeness (QED) is 0.926. The maximum Gasteiger partial charge on any atom is 0.287 e. The number of imidazole rings is 1. The van der Waals surface area contributed by atoms with Crippen LogP contribution >= 0.6 is 0 Å². The highest BCUT2D eigenvalue weighted by molar-refractivity contribution is 5.90. The summed E-state index contributed by atoms with van der Waals surface area (Å²) in [6.45, 7) is 3.15. The van der Waals surface area contributed by atoms with Crippen LogP contribution in [0.4, 0.5) is 0 Å². The highest BCUT2D eigenvalue weighted by Crippen LogP contribution is 2.32. The van der Waals surface area contributed by atoms with Crippen LogP contribution in [0.1, 0.15) is 48.2 Å². The average molecular weight is 315 g/mol. The molecule has 0 aromatic carbocycles. The minimum Gasteiger partial charge on any atom is -0.367 e. The normalized spacial score (nSPS) is 21.1. The zero-order chi connectivity index (χ0) is 16.3. The van der Waals surface area contributed by atoms with Crippen LogP contribution in [0, 0.1) is 0 Å². The molecule has 0 radical (unpaired) electrons. The molecule has 23 heavy (non-hydrogen) atoms. The molecule has 1 aliphatic heterocycles. The first-order chi connectivity index (χ1) is 11.1. The molecule has 122 valence electrons. The first kappa shape index (κ1) is 15.6. The van der Waals surface area contributed by atoms with E-state index in [1.54, 1.807) is 36.4 Å². The molecule has 1 saturated heterocycles. The van der Waals surface area contributed by atoms with Crippen molar-refractivity contribution >= 4 is 5.91 Å². The van der Waals surface area contributed by atoms with Crippen LogP contribution in [0.5, 0.6) is 0 Å². The van der Waals surface area contributed by atoms with Gasteiger partial charge in [-0.15, -0.1) is 0 Å². The maximum atomic E-state index is 12.0. The third-order valence-corrected chi connectivity index (χ3v) is 4.12. The summed E-state index contributed by atoms with van der Waals surface area (Å²) in [5.41, 5.74) is 0.447. The Labute approximate surface area is 135 Å². The van der Waals surface area contributed by atoms with Gasteiger partial charge in [-0.1, -0.05) is 0 Å². The molecule has 0 aliphatic carbocycles. The number of hydrogen-bond acceptors (Lipinski definition) is 5. The largest absolute Gasteiger partial charge is 0.367 e. The molecular formula is C16H21N5O2. The van der Waals surface area contributed by atoms with Crippen LogP contribution in [0.25, 0.3) is 0 Å². The van der Waals surface area contributed by atoms with Crippen LogP contribution in [0.15, 0.2) is 24.8 Å². The van der Waals surface area contributed by atoms with Crippen molar-refractivity contribution in [1.82, 2.24) is 24.8 Å². The molecule has 1 fully saturated rings. The minimum absolute atomic E-state index is 0.218. The van der Waals surface area contributed by atoms with Gasteiger partial charge in [-0.2, -0.15) is 0 Å². The van der Waals surface area contributed by atoms with Crippen LogP contribution in [-0.2, 0) is 23.9 Å². The molecule has 1 amide bonds. The van der Waals surface area contributed by atoms with E-state index >= 15 is 0 Å². The SMILES string of the molecule is Cn1ccnc1C(=O)NCc1cnc([C@]2(C)CCCCO2)nc1. The Morgan fingerprint density at radius 2 is 2.13 bits per heavy atom. The second kappa shape index (κ2) is 6.45. The second-order valence-electron chi connectivity index (χ2n) is 6.00. The monoisotopic (exact) mass is 315 g/mol. The lowest BCUT2D eigenvalue weighted by Crippen LogP contribution is -2.32. The fourth-order valence-electron chi connectivity index (χ4n) is 2.68. The summed E-state index contributed by atoms with van der Waals surface area (Å²) in [5.74, 6) is 0.867. The first-order valence-electron chi connectivity index (χ1n) is 7.79. The standard InChI is InChI=1S/C16H21N5O2/c1-16(5-3-4-8-23-16)15-19-10-12(11-20-15)9-18-14(22)13-17-6-7-21(13)2/h6-7,10-11H,3-5,8-9H2,1-2H3,(H,18,22)/t16-/m0/s1. The van der Waals surface area contributed by atoms with Crippen molar-refractivity contribution in [1.29, 1.82) is 0 Å². The summed E-state index contributed by atoms with van der Waals surface area (Å²) in [4.78, 5) is 24.9. The number of aryl methyl sites for hydroxylation is 1. The van der Waals surface area contributed by atoms with Crippen LogP contribution in [-0.4, -0.2) is 32.0 Å². The van der Waals surface area contributed by atoms with Gasteiger partial charge in [0.2, 0.25) is 0 Å². The molecule has 2 aromatic rings. The maximum absolute atomic E-state index is 12.0. The van der Waals surface area contributed by atoms with E-state index in [9.17, 15) is 4.79 Å². The molecular weight excluding hydrogens is 294 g/mol. The van der Waals surface area contributed by atoms with Crippen molar-refractivity contribution in [2.24, 2.45) is 7.05 Å². The van der Waals surface area contributed by atoms with Gasteiger partial charge in [-0.05, 0) is 26.2 Å². The van der Waals surface area contributed by atoms with Gasteiger partial charge in [0.15, 0.2) is 11.6 Å². The smallest absolute Gasteiger partial charge is 0.287 e. The number of carbonyl (C=O) groups is 1. The van der Waals surface area contributed by atoms with Gasteiger partial charge in [-0.3, -0.25) is 4.79 Å². The van der Waals surface area contributed by atoms with Gasteiger partial charge in [0.1, 0.15) is 5.60 Å². The van der Waals surface area contributed by atoms with E-state index < -0.39 is 5.60 Å². The fraction of sp³-hybridized carbons (Fsp3) is 0.500. The zero-order valence-electron chi connectivity index (χ0n) is 13.5. The summed E-state index contributed by atoms with van der Waals surface area (Å²) < 4.78 is 7.52. The Balaban J connectivity index is 1.61. The predicted molar refractivity (Wildman–Crippen MR) is 83.6 cm³/mol. The molecule has 0 unspecified atom stereocenters. The lowest BCUT2D eigenvalue weighted by Gasteiger charge is -2.32. The number of nitrogens with zero attached hydrogens (tertiary/aromatic N) is 4. The van der Waals surface area contributed by atoms with E-state index in [1.807, 2.05) is 6.92 Å². The minimum atomic E-state index is -0.396. The Bertz CT molecular complexity index is 674. The Morgan fingerprint density at radius 1 is 1.35 bits per heavy atom. The van der Waals surface area contributed by atoms with Gasteiger partial charge in [0.25, 0.3) is 5.91 Å². The topological polar surface area (TPSA) is 81.9 Å². The molecule has 1 aliphatic rings. The number of amides is 1. The van der Waals surface area contributed by atoms with Gasteiger partial charge in [0.05, 0.1) is 0 Å². The van der Waals surface area contributed by atoms with Crippen molar-refractivity contribution in [3.63, 3.8) is 0 Å². The second-order valence-corrected chi connectivity index (χ2v) is 6.00. The molecule has 0 bridgehead atoms. The predicted octanol–water partition coefficient (Wildman–Crippen LogP) is 1.56. The highest BCUT2D eigenvalue weighted by atomic mass is 16.5. The van der Waals surface area contributed by atoms with E-state index in [2.05, 4.69) is 20.3 Å². The van der Waals surface area contributed by atoms with Crippen molar-refractivity contribution in [2.75, 3.05) is 6.61 Å². The number of carbonyl (C=O) groups excluding carboxylic acids is 1. The fourth-order valence-corrected chi connectivity index (χ4v) is 2.68. The van der Waals surface area contributed by atoms with E-state index in [1.165, 1.54) is 0 Å². The zero-order valence-corrected chi connectivity index (χ0v) is 13.5. The summed E-state index contributed by atoms with van der Waals surface area (Å²) >= 11 is 0. The molecule has 1 N–H and O–H groups in total. The number of nitrogens with one attached hydrogen (secondary N) is 1. The van der Waals surface area contributed by atoms with Gasteiger partial charge >= 0.3 is 0 Å². The van der Waals surface area contributed by atoms with E-state index in [-0.39, 0.29) is 5.91 Å². The summed E-state index contributed by atoms with van der Waals surface area (Å²) in [7, 11) is 1.78. The Kier molecular flexibility index (Phi) is 4.38. The first-order valence-corrected chi connectivity index (χ1v) is 7.79. The highest BCUT2D eigenvalue weighted by Gasteiger charge is 2.32. The molecule has 3 rings (SSSR count). The van der Waals surface area contributed by atoms with Gasteiger partial charge in [0, 0.05) is 50.6 Å². The van der Waals surface area contributed by atoms with Gasteiger partial charge < -0.3 is 14.6 Å². The molecule has 2 aromatic heterocycles. The number of aromatic nitrogens is 4. The van der Waals surface area contributed by atoms with Crippen LogP contribution in [0.2, 0.25) is 0 Å². The van der Waals surface area contributed by atoms with E-state index in [0.717, 1.165) is 31.4 Å². The Hall–Kier alpha value is -2.28. The lowest BCUT2D eigenvalue weighted by molar-refractivity contribution is -0.0760. The molecule has 3 heterocycles. The van der Waals surface area contributed by atoms with E-state index in [4.69, 9.17) is 4.74 Å². The third kappa shape index (κ3) is 3.39. The average Bonchev–Trinajstić information content (AvgIpc) is 3.00. The number of rotatable bonds is 4. The van der Waals surface area contributed by atoms with Crippen LogP contribution in [0.3, 0.4) is 0 Å². The van der Waals surface area contributed by atoms with Crippen molar-refractivity contribution < 1.29 is 9.53 Å². The van der Waals surface area contributed by atoms with Gasteiger partial charge in [-0.25, -0.2) is 15.0 Å². The molecule has 0 saturated carbocycles.